The number of benzene rings is 1. The fourth-order valence-electron chi connectivity index (χ4n) is 3.81. The number of pyridine rings is 1. The molecule has 0 N–H and O–H groups in total. The number of carbonyl (C=O) groups is 1. The van der Waals surface area contributed by atoms with Gasteiger partial charge < -0.3 is 18.9 Å². The Kier molecular flexibility index (Phi) is 5.83. The first-order valence-electron chi connectivity index (χ1n) is 9.99. The summed E-state index contributed by atoms with van der Waals surface area (Å²) in [7, 11) is 2.96. The van der Waals surface area contributed by atoms with Gasteiger partial charge in [0.2, 0.25) is 0 Å². The van der Waals surface area contributed by atoms with E-state index < -0.39 is 0 Å². The molecule has 2 unspecified atom stereocenters. The molecular weight excluding hydrogens is 403 g/mol. The zero-order chi connectivity index (χ0) is 22.0. The summed E-state index contributed by atoms with van der Waals surface area (Å²) < 4.78 is 29.2. The van der Waals surface area contributed by atoms with E-state index in [1.54, 1.807) is 23.1 Å². The monoisotopic (exact) mass is 426 g/mol. The second kappa shape index (κ2) is 8.71. The van der Waals surface area contributed by atoms with Crippen molar-refractivity contribution in [2.45, 2.75) is 31.7 Å². The van der Waals surface area contributed by atoms with Crippen LogP contribution in [0.2, 0.25) is 0 Å². The first-order valence-corrected chi connectivity index (χ1v) is 9.99. The Bertz CT molecular complexity index is 1070. The van der Waals surface area contributed by atoms with Gasteiger partial charge in [0, 0.05) is 30.3 Å². The molecule has 0 aliphatic carbocycles. The minimum absolute atomic E-state index is 0.0380. The standard InChI is InChI=1S/C22H23FN4O4/c1-13-4-5-15(19-25-20(31-26-19)14-6-8-16(23)9-7-14)12-27(13)22(28)17-10-11-24-21(30-3)18(17)29-2/h6-11,13,15H,4-5,12H2,1-3H3. The summed E-state index contributed by atoms with van der Waals surface area (Å²) in [5.41, 5.74) is 1.04. The smallest absolute Gasteiger partial charge is 0.258 e. The number of carbonyl (C=O) groups excluding carboxylic acids is 1. The van der Waals surface area contributed by atoms with Gasteiger partial charge in [0.15, 0.2) is 11.6 Å². The molecule has 8 nitrogen and oxygen atoms in total. The van der Waals surface area contributed by atoms with E-state index in [1.807, 2.05) is 6.92 Å². The summed E-state index contributed by atoms with van der Waals surface area (Å²) in [6.07, 6.45) is 3.14. The molecule has 1 amide bonds. The van der Waals surface area contributed by atoms with Crippen LogP contribution in [0.4, 0.5) is 4.39 Å². The molecule has 2 atom stereocenters. The van der Waals surface area contributed by atoms with Crippen LogP contribution in [0.3, 0.4) is 0 Å². The van der Waals surface area contributed by atoms with Crippen LogP contribution in [-0.2, 0) is 0 Å². The zero-order valence-corrected chi connectivity index (χ0v) is 17.5. The van der Waals surface area contributed by atoms with Gasteiger partial charge in [-0.15, -0.1) is 0 Å². The quantitative estimate of drug-likeness (QED) is 0.614. The average molecular weight is 426 g/mol. The molecule has 3 aromatic rings. The fraction of sp³-hybridized carbons (Fsp3) is 0.364. The maximum Gasteiger partial charge on any atom is 0.258 e. The van der Waals surface area contributed by atoms with Crippen LogP contribution in [0.1, 0.15) is 41.9 Å². The maximum absolute atomic E-state index is 13.4. The number of aromatic nitrogens is 3. The van der Waals surface area contributed by atoms with E-state index in [0.29, 0.717) is 35.1 Å². The largest absolute Gasteiger partial charge is 0.491 e. The Morgan fingerprint density at radius 1 is 1.16 bits per heavy atom. The van der Waals surface area contributed by atoms with Crippen LogP contribution in [0, 0.1) is 5.82 Å². The van der Waals surface area contributed by atoms with Crippen LogP contribution in [0.25, 0.3) is 11.5 Å². The molecule has 1 aliphatic rings. The fourth-order valence-corrected chi connectivity index (χ4v) is 3.81. The zero-order valence-electron chi connectivity index (χ0n) is 17.5. The van der Waals surface area contributed by atoms with E-state index in [-0.39, 0.29) is 29.6 Å². The van der Waals surface area contributed by atoms with E-state index in [2.05, 4.69) is 15.1 Å². The lowest BCUT2D eigenvalue weighted by atomic mass is 9.92. The van der Waals surface area contributed by atoms with Gasteiger partial charge in [-0.3, -0.25) is 4.79 Å². The molecule has 0 spiro atoms. The molecular formula is C22H23FN4O4. The SMILES string of the molecule is COc1nccc(C(=O)N2CC(c3noc(-c4ccc(F)cc4)n3)CCC2C)c1OC. The van der Waals surface area contributed by atoms with Crippen molar-refractivity contribution in [2.75, 3.05) is 20.8 Å². The van der Waals surface area contributed by atoms with Gasteiger partial charge >= 0.3 is 0 Å². The van der Waals surface area contributed by atoms with Crippen molar-refractivity contribution in [3.8, 4) is 23.1 Å². The number of methoxy groups -OCH3 is 2. The Balaban J connectivity index is 1.57. The molecule has 1 aromatic carbocycles. The number of halogens is 1. The van der Waals surface area contributed by atoms with Crippen LogP contribution in [-0.4, -0.2) is 52.7 Å². The van der Waals surface area contributed by atoms with Crippen LogP contribution < -0.4 is 9.47 Å². The average Bonchev–Trinajstić information content (AvgIpc) is 3.29. The highest BCUT2D eigenvalue weighted by Crippen LogP contribution is 2.34. The minimum atomic E-state index is -0.331. The number of hydrogen-bond acceptors (Lipinski definition) is 7. The van der Waals surface area contributed by atoms with Crippen molar-refractivity contribution < 1.29 is 23.2 Å². The second-order valence-corrected chi connectivity index (χ2v) is 7.45. The summed E-state index contributed by atoms with van der Waals surface area (Å²) in [4.78, 5) is 23.7. The highest BCUT2D eigenvalue weighted by molar-refractivity contribution is 5.97. The number of piperidine rings is 1. The van der Waals surface area contributed by atoms with Crippen molar-refractivity contribution in [3.05, 3.63) is 53.7 Å². The van der Waals surface area contributed by atoms with E-state index in [1.165, 1.54) is 32.5 Å². The van der Waals surface area contributed by atoms with Gasteiger partial charge in [0.05, 0.1) is 19.8 Å². The predicted molar refractivity (Wildman–Crippen MR) is 110 cm³/mol. The molecule has 31 heavy (non-hydrogen) atoms. The Hall–Kier alpha value is -3.49. The van der Waals surface area contributed by atoms with Crippen LogP contribution >= 0.6 is 0 Å². The number of rotatable bonds is 5. The molecule has 1 aliphatic heterocycles. The normalized spacial score (nSPS) is 18.6. The van der Waals surface area contributed by atoms with Crippen molar-refractivity contribution in [1.82, 2.24) is 20.0 Å². The third kappa shape index (κ3) is 4.08. The van der Waals surface area contributed by atoms with Crippen molar-refractivity contribution in [1.29, 1.82) is 0 Å². The lowest BCUT2D eigenvalue weighted by Gasteiger charge is -2.37. The summed E-state index contributed by atoms with van der Waals surface area (Å²) in [6, 6.07) is 7.54. The minimum Gasteiger partial charge on any atom is -0.491 e. The number of amides is 1. The number of hydrogen-bond donors (Lipinski definition) is 0. The molecule has 162 valence electrons. The molecule has 0 bridgehead atoms. The molecule has 0 saturated carbocycles. The number of nitrogens with zero attached hydrogens (tertiary/aromatic N) is 4. The highest BCUT2D eigenvalue weighted by Gasteiger charge is 2.34. The van der Waals surface area contributed by atoms with Crippen LogP contribution in [0.5, 0.6) is 11.6 Å². The topological polar surface area (TPSA) is 90.6 Å². The molecule has 1 saturated heterocycles. The van der Waals surface area contributed by atoms with Crippen molar-refractivity contribution in [2.24, 2.45) is 0 Å². The third-order valence-electron chi connectivity index (χ3n) is 5.54. The molecule has 1 fully saturated rings. The number of ether oxygens (including phenoxy) is 2. The molecule has 3 heterocycles. The summed E-state index contributed by atoms with van der Waals surface area (Å²) in [6.45, 7) is 2.45. The third-order valence-corrected chi connectivity index (χ3v) is 5.54. The Morgan fingerprint density at radius 3 is 2.65 bits per heavy atom. The van der Waals surface area contributed by atoms with Gasteiger partial charge in [0.1, 0.15) is 5.82 Å². The van der Waals surface area contributed by atoms with E-state index in [4.69, 9.17) is 14.0 Å². The van der Waals surface area contributed by atoms with E-state index in [0.717, 1.165) is 12.8 Å². The number of likely N-dealkylation sites (tertiary alicyclic amines) is 1. The second-order valence-electron chi connectivity index (χ2n) is 7.45. The summed E-state index contributed by atoms with van der Waals surface area (Å²) in [5, 5.41) is 4.12. The van der Waals surface area contributed by atoms with Gasteiger partial charge in [-0.1, -0.05) is 5.16 Å². The summed E-state index contributed by atoms with van der Waals surface area (Å²) in [5.74, 6) is 0.849. The van der Waals surface area contributed by atoms with E-state index >= 15 is 0 Å². The first-order chi connectivity index (χ1) is 15.0. The summed E-state index contributed by atoms with van der Waals surface area (Å²) >= 11 is 0. The van der Waals surface area contributed by atoms with E-state index in [9.17, 15) is 9.18 Å². The lowest BCUT2D eigenvalue weighted by molar-refractivity contribution is 0.0600. The lowest BCUT2D eigenvalue weighted by Crippen LogP contribution is -2.45. The highest BCUT2D eigenvalue weighted by atomic mass is 19.1. The Labute approximate surface area is 179 Å². The van der Waals surface area contributed by atoms with Gasteiger partial charge in [-0.05, 0) is 50.1 Å². The van der Waals surface area contributed by atoms with Gasteiger partial charge in [0.25, 0.3) is 17.7 Å². The molecule has 9 heteroatoms. The first kappa shape index (κ1) is 20.8. The predicted octanol–water partition coefficient (Wildman–Crippen LogP) is 3.70. The van der Waals surface area contributed by atoms with Crippen LogP contribution in [0.15, 0.2) is 41.1 Å². The molecule has 4 rings (SSSR count). The molecule has 0 radical (unpaired) electrons. The Morgan fingerprint density at radius 2 is 1.94 bits per heavy atom. The van der Waals surface area contributed by atoms with Gasteiger partial charge in [-0.25, -0.2) is 9.37 Å². The van der Waals surface area contributed by atoms with Gasteiger partial charge in [-0.2, -0.15) is 4.98 Å². The van der Waals surface area contributed by atoms with Crippen molar-refractivity contribution >= 4 is 5.91 Å². The molecule has 2 aromatic heterocycles. The van der Waals surface area contributed by atoms with Crippen molar-refractivity contribution in [3.63, 3.8) is 0 Å². The maximum atomic E-state index is 13.4.